The molecule has 100 valence electrons. The molecular weight excluding hydrogens is 244 g/mol. The van der Waals surface area contributed by atoms with E-state index in [1.165, 1.54) is 0 Å². The van der Waals surface area contributed by atoms with Crippen LogP contribution >= 0.6 is 0 Å². The van der Waals surface area contributed by atoms with Crippen LogP contribution in [0.3, 0.4) is 0 Å². The second-order valence-electron chi connectivity index (χ2n) is 4.02. The zero-order chi connectivity index (χ0) is 13.7. The van der Waals surface area contributed by atoms with Crippen molar-refractivity contribution in [3.63, 3.8) is 0 Å². The summed E-state index contributed by atoms with van der Waals surface area (Å²) < 4.78 is 6.57. The van der Waals surface area contributed by atoms with E-state index < -0.39 is 0 Å². The lowest BCUT2D eigenvalue weighted by Crippen LogP contribution is -2.10. The van der Waals surface area contributed by atoms with E-state index in [1.54, 1.807) is 17.8 Å². The predicted octanol–water partition coefficient (Wildman–Crippen LogP) is 1.48. The van der Waals surface area contributed by atoms with Gasteiger partial charge in [0.2, 0.25) is 0 Å². The summed E-state index contributed by atoms with van der Waals surface area (Å²) in [6.45, 7) is 2.62. The van der Waals surface area contributed by atoms with Crippen LogP contribution in [0.2, 0.25) is 0 Å². The molecule has 0 spiro atoms. The number of anilines is 1. The third-order valence-corrected chi connectivity index (χ3v) is 2.66. The maximum absolute atomic E-state index is 11.3. The number of benzene rings is 1. The van der Waals surface area contributed by atoms with Crippen molar-refractivity contribution in [1.82, 2.24) is 15.0 Å². The Morgan fingerprint density at radius 1 is 1.37 bits per heavy atom. The number of ether oxygens (including phenoxy) is 1. The largest absolute Gasteiger partial charge is 0.466 e. The molecule has 1 aromatic heterocycles. The van der Waals surface area contributed by atoms with Crippen molar-refractivity contribution >= 4 is 11.7 Å². The molecule has 0 amide bonds. The molecule has 0 unspecified atom stereocenters. The zero-order valence-corrected chi connectivity index (χ0v) is 10.7. The van der Waals surface area contributed by atoms with Gasteiger partial charge in [0.15, 0.2) is 0 Å². The SMILES string of the molecule is CCOC(=O)CCn1nncc1-c1ccc(N)cc1. The number of hydrogen-bond donors (Lipinski definition) is 1. The van der Waals surface area contributed by atoms with Crippen molar-refractivity contribution in [2.75, 3.05) is 12.3 Å². The smallest absolute Gasteiger partial charge is 0.307 e. The molecule has 6 nitrogen and oxygen atoms in total. The lowest BCUT2D eigenvalue weighted by Gasteiger charge is -2.06. The molecule has 0 fully saturated rings. The van der Waals surface area contributed by atoms with Crippen molar-refractivity contribution in [3.05, 3.63) is 30.5 Å². The summed E-state index contributed by atoms with van der Waals surface area (Å²) in [6.07, 6.45) is 1.94. The molecular formula is C13H16N4O2. The molecule has 0 radical (unpaired) electrons. The van der Waals surface area contributed by atoms with Gasteiger partial charge in [0, 0.05) is 11.3 Å². The molecule has 0 bridgehead atoms. The summed E-state index contributed by atoms with van der Waals surface area (Å²) in [6, 6.07) is 7.43. The van der Waals surface area contributed by atoms with Crippen LogP contribution in [0, 0.1) is 0 Å². The molecule has 0 saturated heterocycles. The number of hydrogen-bond acceptors (Lipinski definition) is 5. The van der Waals surface area contributed by atoms with Crippen LogP contribution in [0.15, 0.2) is 30.5 Å². The van der Waals surface area contributed by atoms with Gasteiger partial charge in [0.25, 0.3) is 0 Å². The molecule has 2 N–H and O–H groups in total. The molecule has 0 aliphatic rings. The number of carbonyl (C=O) groups is 1. The Kier molecular flexibility index (Phi) is 4.12. The highest BCUT2D eigenvalue weighted by Gasteiger charge is 2.09. The fourth-order valence-corrected chi connectivity index (χ4v) is 1.73. The Bertz CT molecular complexity index is 548. The van der Waals surface area contributed by atoms with Crippen LogP contribution in [0.4, 0.5) is 5.69 Å². The minimum absolute atomic E-state index is 0.235. The number of nitrogen functional groups attached to an aromatic ring is 1. The molecule has 2 aromatic rings. The van der Waals surface area contributed by atoms with E-state index in [-0.39, 0.29) is 12.4 Å². The molecule has 6 heteroatoms. The number of esters is 1. The van der Waals surface area contributed by atoms with Gasteiger partial charge < -0.3 is 10.5 Å². The monoisotopic (exact) mass is 260 g/mol. The Hall–Kier alpha value is -2.37. The second kappa shape index (κ2) is 5.99. The van der Waals surface area contributed by atoms with Gasteiger partial charge in [-0.3, -0.25) is 4.79 Å². The Morgan fingerprint density at radius 3 is 2.79 bits per heavy atom. The van der Waals surface area contributed by atoms with E-state index in [9.17, 15) is 4.79 Å². The van der Waals surface area contributed by atoms with Gasteiger partial charge in [-0.25, -0.2) is 4.68 Å². The molecule has 0 atom stereocenters. The number of aromatic nitrogens is 3. The van der Waals surface area contributed by atoms with Gasteiger partial charge in [-0.2, -0.15) is 0 Å². The fraction of sp³-hybridized carbons (Fsp3) is 0.308. The van der Waals surface area contributed by atoms with Crippen molar-refractivity contribution in [2.24, 2.45) is 0 Å². The average molecular weight is 260 g/mol. The van der Waals surface area contributed by atoms with E-state index in [4.69, 9.17) is 10.5 Å². The van der Waals surface area contributed by atoms with E-state index in [0.717, 1.165) is 11.3 Å². The zero-order valence-electron chi connectivity index (χ0n) is 10.7. The van der Waals surface area contributed by atoms with Crippen LogP contribution in [0.1, 0.15) is 13.3 Å². The Morgan fingerprint density at radius 2 is 2.11 bits per heavy atom. The molecule has 1 heterocycles. The normalized spacial score (nSPS) is 10.4. The summed E-state index contributed by atoms with van der Waals surface area (Å²) in [4.78, 5) is 11.3. The second-order valence-corrected chi connectivity index (χ2v) is 4.02. The summed E-state index contributed by atoms with van der Waals surface area (Å²) in [5.41, 5.74) is 8.17. The third kappa shape index (κ3) is 3.31. The lowest BCUT2D eigenvalue weighted by atomic mass is 10.1. The first-order valence-electron chi connectivity index (χ1n) is 6.10. The predicted molar refractivity (Wildman–Crippen MR) is 71.1 cm³/mol. The number of aryl methyl sites for hydroxylation is 1. The van der Waals surface area contributed by atoms with Crippen LogP contribution in [-0.4, -0.2) is 27.6 Å². The van der Waals surface area contributed by atoms with E-state index >= 15 is 0 Å². The van der Waals surface area contributed by atoms with Gasteiger partial charge >= 0.3 is 5.97 Å². The molecule has 19 heavy (non-hydrogen) atoms. The first kappa shape index (κ1) is 13.1. The lowest BCUT2D eigenvalue weighted by molar-refractivity contribution is -0.143. The fourth-order valence-electron chi connectivity index (χ4n) is 1.73. The molecule has 0 aliphatic heterocycles. The molecule has 0 aliphatic carbocycles. The third-order valence-electron chi connectivity index (χ3n) is 2.66. The van der Waals surface area contributed by atoms with Crippen LogP contribution in [0.25, 0.3) is 11.3 Å². The Balaban J connectivity index is 2.09. The van der Waals surface area contributed by atoms with Crippen LogP contribution < -0.4 is 5.73 Å². The van der Waals surface area contributed by atoms with Gasteiger partial charge in [0.1, 0.15) is 0 Å². The number of rotatable bonds is 5. The van der Waals surface area contributed by atoms with Gasteiger partial charge in [-0.1, -0.05) is 17.3 Å². The quantitative estimate of drug-likeness (QED) is 0.650. The van der Waals surface area contributed by atoms with Gasteiger partial charge in [0.05, 0.1) is 31.5 Å². The minimum atomic E-state index is -0.235. The number of nitrogens with two attached hydrogens (primary N) is 1. The highest BCUT2D eigenvalue weighted by molar-refractivity contribution is 5.69. The van der Waals surface area contributed by atoms with Gasteiger partial charge in [-0.15, -0.1) is 5.10 Å². The van der Waals surface area contributed by atoms with Crippen molar-refractivity contribution < 1.29 is 9.53 Å². The van der Waals surface area contributed by atoms with Crippen molar-refractivity contribution in [1.29, 1.82) is 0 Å². The molecule has 1 aromatic carbocycles. The first-order valence-corrected chi connectivity index (χ1v) is 6.10. The summed E-state index contributed by atoms with van der Waals surface area (Å²) in [5.74, 6) is -0.235. The van der Waals surface area contributed by atoms with E-state index in [2.05, 4.69) is 10.3 Å². The molecule has 0 saturated carbocycles. The van der Waals surface area contributed by atoms with Gasteiger partial charge in [-0.05, 0) is 19.1 Å². The van der Waals surface area contributed by atoms with Crippen molar-refractivity contribution in [2.45, 2.75) is 19.9 Å². The first-order chi connectivity index (χ1) is 9.20. The standard InChI is InChI=1S/C13H16N4O2/c1-2-19-13(18)7-8-17-12(9-15-16-17)10-3-5-11(14)6-4-10/h3-6,9H,2,7-8,14H2,1H3. The van der Waals surface area contributed by atoms with Crippen LogP contribution in [-0.2, 0) is 16.1 Å². The maximum atomic E-state index is 11.3. The maximum Gasteiger partial charge on any atom is 0.307 e. The summed E-state index contributed by atoms with van der Waals surface area (Å²) >= 11 is 0. The molecule has 2 rings (SSSR count). The Labute approximate surface area is 111 Å². The van der Waals surface area contributed by atoms with Crippen LogP contribution in [0.5, 0.6) is 0 Å². The van der Waals surface area contributed by atoms with E-state index in [1.807, 2.05) is 24.3 Å². The average Bonchev–Trinajstić information content (AvgIpc) is 2.86. The summed E-state index contributed by atoms with van der Waals surface area (Å²) in [5, 5.41) is 7.85. The van der Waals surface area contributed by atoms with E-state index in [0.29, 0.717) is 18.8 Å². The number of nitrogens with zero attached hydrogens (tertiary/aromatic N) is 3. The summed E-state index contributed by atoms with van der Waals surface area (Å²) in [7, 11) is 0. The minimum Gasteiger partial charge on any atom is -0.466 e. The van der Waals surface area contributed by atoms with Crippen molar-refractivity contribution in [3.8, 4) is 11.3 Å². The topological polar surface area (TPSA) is 83.0 Å². The number of carbonyl (C=O) groups excluding carboxylic acids is 1. The highest BCUT2D eigenvalue weighted by Crippen LogP contribution is 2.19. The highest BCUT2D eigenvalue weighted by atomic mass is 16.5.